The van der Waals surface area contributed by atoms with Gasteiger partial charge in [0.15, 0.2) is 0 Å². The van der Waals surface area contributed by atoms with Gasteiger partial charge in [0.2, 0.25) is 0 Å². The van der Waals surface area contributed by atoms with E-state index in [-0.39, 0.29) is 5.69 Å². The van der Waals surface area contributed by atoms with Gasteiger partial charge in [-0.2, -0.15) is 5.26 Å². The molecule has 1 amide bonds. The highest BCUT2D eigenvalue weighted by Gasteiger charge is 2.11. The zero-order chi connectivity index (χ0) is 17.6. The minimum Gasteiger partial charge on any atom is -0.339 e. The second-order valence-corrected chi connectivity index (χ2v) is 5.95. The number of rotatable bonds is 4. The summed E-state index contributed by atoms with van der Waals surface area (Å²) >= 11 is 3.40. The lowest BCUT2D eigenvalue weighted by atomic mass is 10.2. The summed E-state index contributed by atoms with van der Waals surface area (Å²) in [5.41, 5.74) is 1.83. The van der Waals surface area contributed by atoms with E-state index in [9.17, 15) is 4.79 Å². The van der Waals surface area contributed by atoms with Gasteiger partial charge in [-0.25, -0.2) is 9.97 Å². The number of nitrogens with zero attached hydrogens (tertiary/aromatic N) is 3. The van der Waals surface area contributed by atoms with E-state index in [1.165, 1.54) is 12.4 Å². The molecule has 0 saturated carbocycles. The van der Waals surface area contributed by atoms with E-state index in [2.05, 4.69) is 36.5 Å². The number of carbonyl (C=O) groups is 1. The molecule has 6 nitrogen and oxygen atoms in total. The lowest BCUT2D eigenvalue weighted by Gasteiger charge is -2.08. The van der Waals surface area contributed by atoms with E-state index in [0.717, 1.165) is 10.2 Å². The first-order valence-electron chi connectivity index (χ1n) is 7.31. The van der Waals surface area contributed by atoms with Crippen LogP contribution in [0.5, 0.6) is 0 Å². The van der Waals surface area contributed by atoms with Gasteiger partial charge < -0.3 is 10.6 Å². The monoisotopic (exact) mass is 393 g/mol. The summed E-state index contributed by atoms with van der Waals surface area (Å²) in [6.07, 6.45) is 2.86. The Labute approximate surface area is 152 Å². The number of hydrogen-bond acceptors (Lipinski definition) is 5. The maximum absolute atomic E-state index is 12.2. The third-order valence-corrected chi connectivity index (χ3v) is 3.77. The minimum atomic E-state index is -0.427. The number of amides is 1. The highest BCUT2D eigenvalue weighted by atomic mass is 79.9. The fourth-order valence-electron chi connectivity index (χ4n) is 2.10. The van der Waals surface area contributed by atoms with Crippen molar-refractivity contribution in [1.82, 2.24) is 9.97 Å². The number of aromatic nitrogens is 2. The molecule has 0 radical (unpaired) electrons. The van der Waals surface area contributed by atoms with Crippen LogP contribution in [0.2, 0.25) is 0 Å². The fourth-order valence-corrected chi connectivity index (χ4v) is 2.50. The average Bonchev–Trinajstić information content (AvgIpc) is 2.63. The molecule has 3 rings (SSSR count). The first-order chi connectivity index (χ1) is 12.2. The van der Waals surface area contributed by atoms with Crippen molar-refractivity contribution in [2.24, 2.45) is 0 Å². The summed E-state index contributed by atoms with van der Waals surface area (Å²) in [6, 6.07) is 16.4. The van der Waals surface area contributed by atoms with E-state index >= 15 is 0 Å². The van der Waals surface area contributed by atoms with E-state index < -0.39 is 5.91 Å². The Kier molecular flexibility index (Phi) is 5.02. The van der Waals surface area contributed by atoms with Crippen molar-refractivity contribution >= 4 is 39.0 Å². The first kappa shape index (κ1) is 16.6. The molecule has 0 aliphatic carbocycles. The molecule has 0 aliphatic rings. The second kappa shape index (κ2) is 7.55. The summed E-state index contributed by atoms with van der Waals surface area (Å²) in [4.78, 5) is 20.6. The third-order valence-electron chi connectivity index (χ3n) is 3.28. The van der Waals surface area contributed by atoms with Crippen molar-refractivity contribution in [3.05, 3.63) is 76.7 Å². The number of nitriles is 1. The van der Waals surface area contributed by atoms with Crippen molar-refractivity contribution in [1.29, 1.82) is 5.26 Å². The van der Waals surface area contributed by atoms with E-state index in [0.29, 0.717) is 17.1 Å². The largest absolute Gasteiger partial charge is 0.339 e. The molecule has 122 valence electrons. The average molecular weight is 394 g/mol. The van der Waals surface area contributed by atoms with E-state index in [1.807, 2.05) is 30.3 Å². The van der Waals surface area contributed by atoms with Crippen molar-refractivity contribution in [3.63, 3.8) is 0 Å². The maximum atomic E-state index is 12.2. The van der Waals surface area contributed by atoms with Gasteiger partial charge in [-0.3, -0.25) is 4.79 Å². The predicted molar refractivity (Wildman–Crippen MR) is 98.6 cm³/mol. The molecule has 7 heteroatoms. The molecule has 0 aliphatic heterocycles. The standard InChI is InChI=1S/C18H12BrN5O/c19-13-5-3-6-14(8-13)23-17-11-21-16(10-22-17)18(25)24-15-7-2-1-4-12(15)9-20/h1-8,10-11H,(H,22,23)(H,24,25). The number of halogens is 1. The van der Waals surface area contributed by atoms with Crippen LogP contribution in [-0.4, -0.2) is 15.9 Å². The smallest absolute Gasteiger partial charge is 0.275 e. The van der Waals surface area contributed by atoms with E-state index in [4.69, 9.17) is 5.26 Å². The summed E-state index contributed by atoms with van der Waals surface area (Å²) in [6.45, 7) is 0. The molecule has 0 saturated heterocycles. The Morgan fingerprint density at radius 2 is 1.92 bits per heavy atom. The minimum absolute atomic E-state index is 0.160. The number of hydrogen-bond donors (Lipinski definition) is 2. The van der Waals surface area contributed by atoms with Crippen molar-refractivity contribution < 1.29 is 4.79 Å². The Balaban J connectivity index is 1.71. The molecule has 1 heterocycles. The zero-order valence-corrected chi connectivity index (χ0v) is 14.5. The van der Waals surface area contributed by atoms with Crippen LogP contribution in [0.25, 0.3) is 0 Å². The van der Waals surface area contributed by atoms with Crippen molar-refractivity contribution in [2.75, 3.05) is 10.6 Å². The number of nitrogens with one attached hydrogen (secondary N) is 2. The van der Waals surface area contributed by atoms with Crippen LogP contribution in [-0.2, 0) is 0 Å². The molecular weight excluding hydrogens is 382 g/mol. The quantitative estimate of drug-likeness (QED) is 0.695. The summed E-state index contributed by atoms with van der Waals surface area (Å²) in [7, 11) is 0. The molecule has 0 unspecified atom stereocenters. The summed E-state index contributed by atoms with van der Waals surface area (Å²) < 4.78 is 0.942. The van der Waals surface area contributed by atoms with Crippen LogP contribution in [0, 0.1) is 11.3 Å². The van der Waals surface area contributed by atoms with Crippen LogP contribution in [0.4, 0.5) is 17.2 Å². The van der Waals surface area contributed by atoms with Crippen molar-refractivity contribution in [2.45, 2.75) is 0 Å². The Bertz CT molecular complexity index is 950. The second-order valence-electron chi connectivity index (χ2n) is 5.03. The lowest BCUT2D eigenvalue weighted by Crippen LogP contribution is -2.15. The fraction of sp³-hybridized carbons (Fsp3) is 0. The normalized spacial score (nSPS) is 9.92. The molecule has 2 N–H and O–H groups in total. The first-order valence-corrected chi connectivity index (χ1v) is 8.10. The molecule has 0 bridgehead atoms. The molecule has 0 spiro atoms. The molecule has 3 aromatic rings. The van der Waals surface area contributed by atoms with Gasteiger partial charge in [0.25, 0.3) is 5.91 Å². The van der Waals surface area contributed by atoms with Gasteiger partial charge in [0.05, 0.1) is 23.6 Å². The zero-order valence-electron chi connectivity index (χ0n) is 12.9. The summed E-state index contributed by atoms with van der Waals surface area (Å²) in [5.74, 6) is 0.0938. The van der Waals surface area contributed by atoms with E-state index in [1.54, 1.807) is 24.3 Å². The van der Waals surface area contributed by atoms with Gasteiger partial charge in [-0.05, 0) is 30.3 Å². The molecule has 2 aromatic carbocycles. The maximum Gasteiger partial charge on any atom is 0.275 e. The van der Waals surface area contributed by atoms with Gasteiger partial charge in [-0.15, -0.1) is 0 Å². The molecule has 0 atom stereocenters. The van der Waals surface area contributed by atoms with Gasteiger partial charge in [-0.1, -0.05) is 34.1 Å². The van der Waals surface area contributed by atoms with Gasteiger partial charge >= 0.3 is 0 Å². The number of anilines is 3. The van der Waals surface area contributed by atoms with Crippen LogP contribution in [0.1, 0.15) is 16.1 Å². The van der Waals surface area contributed by atoms with Gasteiger partial charge in [0, 0.05) is 10.2 Å². The van der Waals surface area contributed by atoms with Crippen LogP contribution in [0.15, 0.2) is 65.4 Å². The number of carbonyl (C=O) groups excluding carboxylic acids is 1. The Morgan fingerprint density at radius 3 is 2.64 bits per heavy atom. The molecule has 25 heavy (non-hydrogen) atoms. The van der Waals surface area contributed by atoms with Crippen LogP contribution in [0.3, 0.4) is 0 Å². The summed E-state index contributed by atoms with van der Waals surface area (Å²) in [5, 5.41) is 14.8. The van der Waals surface area contributed by atoms with Crippen molar-refractivity contribution in [3.8, 4) is 6.07 Å². The molecule has 0 fully saturated rings. The van der Waals surface area contributed by atoms with Gasteiger partial charge in [0.1, 0.15) is 17.6 Å². The lowest BCUT2D eigenvalue weighted by molar-refractivity contribution is 0.102. The third kappa shape index (κ3) is 4.19. The Hall–Kier alpha value is -3.24. The Morgan fingerprint density at radius 1 is 1.08 bits per heavy atom. The number of benzene rings is 2. The van der Waals surface area contributed by atoms with Crippen LogP contribution >= 0.6 is 15.9 Å². The SMILES string of the molecule is N#Cc1ccccc1NC(=O)c1cnc(Nc2cccc(Br)c2)cn1. The topological polar surface area (TPSA) is 90.7 Å². The molecular formula is C18H12BrN5O. The highest BCUT2D eigenvalue weighted by molar-refractivity contribution is 9.10. The molecule has 1 aromatic heterocycles. The highest BCUT2D eigenvalue weighted by Crippen LogP contribution is 2.19. The number of para-hydroxylation sites is 1. The predicted octanol–water partition coefficient (Wildman–Crippen LogP) is 4.11. The van der Waals surface area contributed by atoms with Crippen LogP contribution < -0.4 is 10.6 Å².